The molecule has 0 fully saturated rings. The van der Waals surface area contributed by atoms with E-state index in [1.807, 2.05) is 20.0 Å². The lowest BCUT2D eigenvalue weighted by atomic mass is 10.1. The highest BCUT2D eigenvalue weighted by atomic mass is 16.6. The van der Waals surface area contributed by atoms with E-state index in [4.69, 9.17) is 5.26 Å². The Morgan fingerprint density at radius 1 is 1.50 bits per heavy atom. The van der Waals surface area contributed by atoms with Gasteiger partial charge in [-0.3, -0.25) is 10.1 Å². The van der Waals surface area contributed by atoms with Gasteiger partial charge >= 0.3 is 0 Å². The fourth-order valence-electron chi connectivity index (χ4n) is 1.61. The van der Waals surface area contributed by atoms with E-state index in [2.05, 4.69) is 10.6 Å². The number of nitrogens with one attached hydrogen (secondary N) is 2. The molecule has 0 saturated heterocycles. The first-order valence-electron chi connectivity index (χ1n) is 5.65. The maximum Gasteiger partial charge on any atom is 0.293 e. The van der Waals surface area contributed by atoms with Crippen LogP contribution in [0.4, 0.5) is 11.4 Å². The summed E-state index contributed by atoms with van der Waals surface area (Å²) in [6, 6.07) is 6.31. The molecular weight excluding hydrogens is 232 g/mol. The molecular formula is C12H16N4O2. The molecule has 0 aromatic heterocycles. The normalized spacial score (nSPS) is 11.6. The van der Waals surface area contributed by atoms with Crippen molar-refractivity contribution in [2.45, 2.75) is 6.92 Å². The lowest BCUT2D eigenvalue weighted by molar-refractivity contribution is -0.384. The number of anilines is 1. The van der Waals surface area contributed by atoms with Gasteiger partial charge in [-0.25, -0.2) is 0 Å². The Bertz CT molecular complexity index is 468. The van der Waals surface area contributed by atoms with Crippen LogP contribution in [0, 0.1) is 27.4 Å². The molecule has 0 spiro atoms. The topological polar surface area (TPSA) is 91.0 Å². The van der Waals surface area contributed by atoms with Crippen molar-refractivity contribution >= 4 is 11.4 Å². The van der Waals surface area contributed by atoms with Crippen LogP contribution in [0.15, 0.2) is 18.2 Å². The number of hydrogen-bond donors (Lipinski definition) is 2. The van der Waals surface area contributed by atoms with Crippen LogP contribution in [0.5, 0.6) is 0 Å². The minimum atomic E-state index is -0.480. The molecule has 0 aliphatic heterocycles. The molecule has 1 unspecified atom stereocenters. The van der Waals surface area contributed by atoms with Gasteiger partial charge in [-0.15, -0.1) is 0 Å². The molecule has 0 bridgehead atoms. The van der Waals surface area contributed by atoms with Gasteiger partial charge in [-0.1, -0.05) is 6.92 Å². The van der Waals surface area contributed by atoms with Crippen LogP contribution in [0.1, 0.15) is 12.5 Å². The molecule has 0 amide bonds. The van der Waals surface area contributed by atoms with Crippen molar-refractivity contribution in [1.29, 1.82) is 5.26 Å². The first-order valence-corrected chi connectivity index (χ1v) is 5.65. The van der Waals surface area contributed by atoms with Crippen molar-refractivity contribution in [3.05, 3.63) is 33.9 Å². The van der Waals surface area contributed by atoms with E-state index < -0.39 is 4.92 Å². The number of nitro groups is 1. The standard InChI is InChI=1S/C12H16N4O2/c1-9(7-14-2)8-15-11-4-3-10(6-13)5-12(11)16(17)18/h3-5,9,14-15H,7-8H2,1-2H3. The molecule has 2 N–H and O–H groups in total. The van der Waals surface area contributed by atoms with Crippen molar-refractivity contribution in [3.8, 4) is 6.07 Å². The lowest BCUT2D eigenvalue weighted by Gasteiger charge is -2.13. The fourth-order valence-corrected chi connectivity index (χ4v) is 1.61. The van der Waals surface area contributed by atoms with Gasteiger partial charge in [0.1, 0.15) is 5.69 Å². The summed E-state index contributed by atoms with van der Waals surface area (Å²) in [5.74, 6) is 0.352. The maximum atomic E-state index is 10.9. The number of nitriles is 1. The summed E-state index contributed by atoms with van der Waals surface area (Å²) in [6.45, 7) is 3.50. The molecule has 0 aliphatic carbocycles. The van der Waals surface area contributed by atoms with Gasteiger partial charge in [0.2, 0.25) is 0 Å². The summed E-state index contributed by atoms with van der Waals surface area (Å²) in [7, 11) is 1.86. The predicted octanol–water partition coefficient (Wildman–Crippen LogP) is 1.73. The minimum absolute atomic E-state index is 0.0642. The first-order chi connectivity index (χ1) is 8.58. The van der Waals surface area contributed by atoms with E-state index >= 15 is 0 Å². The maximum absolute atomic E-state index is 10.9. The van der Waals surface area contributed by atoms with Gasteiger partial charge in [-0.2, -0.15) is 5.26 Å². The molecule has 0 aliphatic rings. The van der Waals surface area contributed by atoms with E-state index in [-0.39, 0.29) is 11.3 Å². The van der Waals surface area contributed by atoms with Crippen LogP contribution >= 0.6 is 0 Å². The van der Waals surface area contributed by atoms with Crippen LogP contribution in [0.25, 0.3) is 0 Å². The van der Waals surface area contributed by atoms with E-state index in [0.717, 1.165) is 6.54 Å². The second-order valence-electron chi connectivity index (χ2n) is 4.14. The number of nitrogens with zero attached hydrogens (tertiary/aromatic N) is 2. The SMILES string of the molecule is CNCC(C)CNc1ccc(C#N)cc1[N+](=O)[O-]. The summed E-state index contributed by atoms with van der Waals surface area (Å²) >= 11 is 0. The molecule has 1 atom stereocenters. The zero-order valence-electron chi connectivity index (χ0n) is 10.4. The highest BCUT2D eigenvalue weighted by Crippen LogP contribution is 2.25. The molecule has 1 aromatic carbocycles. The van der Waals surface area contributed by atoms with E-state index in [0.29, 0.717) is 18.2 Å². The second-order valence-corrected chi connectivity index (χ2v) is 4.14. The molecule has 1 rings (SSSR count). The quantitative estimate of drug-likeness (QED) is 0.591. The Labute approximate surface area is 106 Å². The van der Waals surface area contributed by atoms with Crippen LogP contribution in [0.3, 0.4) is 0 Å². The molecule has 18 heavy (non-hydrogen) atoms. The summed E-state index contributed by atoms with van der Waals surface area (Å²) in [5.41, 5.74) is 0.670. The second kappa shape index (κ2) is 6.57. The van der Waals surface area contributed by atoms with Gasteiger partial charge in [0.05, 0.1) is 16.6 Å². The number of nitro benzene ring substituents is 1. The van der Waals surface area contributed by atoms with Crippen molar-refractivity contribution in [2.24, 2.45) is 5.92 Å². The number of hydrogen-bond acceptors (Lipinski definition) is 5. The monoisotopic (exact) mass is 248 g/mol. The van der Waals surface area contributed by atoms with Crippen molar-refractivity contribution in [1.82, 2.24) is 5.32 Å². The average molecular weight is 248 g/mol. The summed E-state index contributed by atoms with van der Waals surface area (Å²) in [5, 5.41) is 25.7. The summed E-state index contributed by atoms with van der Waals surface area (Å²) < 4.78 is 0. The summed E-state index contributed by atoms with van der Waals surface area (Å²) in [6.07, 6.45) is 0. The van der Waals surface area contributed by atoms with Crippen LogP contribution < -0.4 is 10.6 Å². The highest BCUT2D eigenvalue weighted by Gasteiger charge is 2.14. The average Bonchev–Trinajstić information content (AvgIpc) is 2.36. The zero-order valence-corrected chi connectivity index (χ0v) is 10.4. The Hall–Kier alpha value is -2.13. The van der Waals surface area contributed by atoms with Crippen molar-refractivity contribution < 1.29 is 4.92 Å². The van der Waals surface area contributed by atoms with Crippen molar-refractivity contribution in [2.75, 3.05) is 25.5 Å². The first kappa shape index (κ1) is 13.9. The van der Waals surface area contributed by atoms with Gasteiger partial charge in [-0.05, 0) is 31.6 Å². The number of benzene rings is 1. The third kappa shape index (κ3) is 3.71. The third-order valence-corrected chi connectivity index (χ3v) is 2.52. The molecule has 6 nitrogen and oxygen atoms in total. The van der Waals surface area contributed by atoms with Gasteiger partial charge in [0.25, 0.3) is 5.69 Å². The van der Waals surface area contributed by atoms with Gasteiger partial charge in [0.15, 0.2) is 0 Å². The largest absolute Gasteiger partial charge is 0.379 e. The Kier molecular flexibility index (Phi) is 5.08. The van der Waals surface area contributed by atoms with E-state index in [9.17, 15) is 10.1 Å². The van der Waals surface area contributed by atoms with Crippen molar-refractivity contribution in [3.63, 3.8) is 0 Å². The molecule has 1 aromatic rings. The smallest absolute Gasteiger partial charge is 0.293 e. The van der Waals surface area contributed by atoms with E-state index in [1.54, 1.807) is 12.1 Å². The van der Waals surface area contributed by atoms with Gasteiger partial charge < -0.3 is 10.6 Å². The van der Waals surface area contributed by atoms with Gasteiger partial charge in [0, 0.05) is 12.6 Å². The fraction of sp³-hybridized carbons (Fsp3) is 0.417. The van der Waals surface area contributed by atoms with Crippen LogP contribution in [-0.2, 0) is 0 Å². The molecule has 0 radical (unpaired) electrons. The Balaban J connectivity index is 2.82. The third-order valence-electron chi connectivity index (χ3n) is 2.52. The Morgan fingerprint density at radius 2 is 2.22 bits per heavy atom. The highest BCUT2D eigenvalue weighted by molar-refractivity contribution is 5.64. The van der Waals surface area contributed by atoms with Crippen LogP contribution in [-0.4, -0.2) is 25.1 Å². The molecule has 6 heteroatoms. The Morgan fingerprint density at radius 3 is 2.78 bits per heavy atom. The van der Waals surface area contributed by atoms with Crippen LogP contribution in [0.2, 0.25) is 0 Å². The molecule has 0 saturated carbocycles. The predicted molar refractivity (Wildman–Crippen MR) is 69.4 cm³/mol. The number of rotatable bonds is 6. The zero-order chi connectivity index (χ0) is 13.5. The minimum Gasteiger partial charge on any atom is -0.379 e. The molecule has 96 valence electrons. The summed E-state index contributed by atoms with van der Waals surface area (Å²) in [4.78, 5) is 10.4. The van der Waals surface area contributed by atoms with E-state index in [1.165, 1.54) is 6.07 Å². The molecule has 0 heterocycles. The lowest BCUT2D eigenvalue weighted by Crippen LogP contribution is -2.23.